The Labute approximate surface area is 674 Å². The number of esters is 8. The fourth-order valence-corrected chi connectivity index (χ4v) is 12.3. The number of rotatable bonds is 47. The van der Waals surface area contributed by atoms with Crippen LogP contribution in [0, 0.1) is 0 Å². The number of ether oxygens (including phenoxy) is 12. The summed E-state index contributed by atoms with van der Waals surface area (Å²) in [4.78, 5) is 110. The van der Waals surface area contributed by atoms with Crippen molar-refractivity contribution in [3.8, 4) is 68.2 Å². The Kier molecular flexibility index (Phi) is 33.1. The highest BCUT2D eigenvalue weighted by atomic mass is 16.6. The molecule has 0 aromatic heterocycles. The SMILES string of the molecule is C=CC(=O)OCCCCCCOc1ccc(C(=O)Oc2ccc3c(c2)C(=N/C=C/C=C/N=C2c4cc(OC(=O)c5ccc(OCCCCCCOC(=O)C=C)cc5)ccc4-c4ccc(OC(=O)c5ccc(OCCCCCCOC(=O)C=C)cc5)cc42)c2cc(OC(=O)c4ccc(OCCCCCCOC(=O)C=C)cc4)ccc2-3)cc1. The lowest BCUT2D eigenvalue weighted by Gasteiger charge is -2.09. The molecule has 116 heavy (non-hydrogen) atoms. The topological polar surface area (TPSA) is 272 Å². The zero-order valence-corrected chi connectivity index (χ0v) is 64.6. The average Bonchev–Trinajstić information content (AvgIpc) is 1.61. The molecular weight excluding hydrogens is 1480 g/mol. The van der Waals surface area contributed by atoms with Crippen LogP contribution in [0.5, 0.6) is 46.0 Å². The Balaban J connectivity index is 0.858. The van der Waals surface area contributed by atoms with Crippen molar-refractivity contribution < 1.29 is 95.2 Å². The lowest BCUT2D eigenvalue weighted by atomic mass is 10.1. The number of hydrogen-bond acceptors (Lipinski definition) is 22. The molecule has 0 amide bonds. The number of fused-ring (bicyclic) bond motifs is 6. The maximum absolute atomic E-state index is 13.8. The summed E-state index contributed by atoms with van der Waals surface area (Å²) in [6.45, 7) is 16.8. The minimum absolute atomic E-state index is 0.245. The van der Waals surface area contributed by atoms with E-state index in [0.29, 0.717) is 132 Å². The van der Waals surface area contributed by atoms with Crippen molar-refractivity contribution in [2.24, 2.45) is 9.98 Å². The van der Waals surface area contributed by atoms with Gasteiger partial charge in [0.15, 0.2) is 0 Å². The maximum atomic E-state index is 13.8. The van der Waals surface area contributed by atoms with Crippen molar-refractivity contribution in [3.05, 3.63) is 290 Å². The van der Waals surface area contributed by atoms with Gasteiger partial charge in [0, 0.05) is 59.0 Å². The molecular formula is C94H92N2O20. The summed E-state index contributed by atoms with van der Waals surface area (Å²) in [5, 5.41) is 0. The summed E-state index contributed by atoms with van der Waals surface area (Å²) in [7, 11) is 0. The fraction of sp³-hybridized carbons (Fsp3) is 0.255. The van der Waals surface area contributed by atoms with Crippen LogP contribution in [0.15, 0.2) is 255 Å². The standard InChI is InChI=1S/C94H92N2O20/c1-5-85(97)109-57-23-13-9-19-53-105-69-35-27-65(28-36-69)91(101)113-73-43-47-77-78-48-44-74(114-92(102)66-29-37-70(38-30-66)106-54-20-10-14-24-58-110-86(98)6-2)62-82(78)89(81(77)61-73)95-51-17-18-52-96-90-83-63-75(115-93(103)67-31-39-71(40-32-67)107-55-21-11-15-25-59-111-87(99)7-3)45-49-79(83)80-50-46-76(64-84(80)90)116-94(104)68-33-41-72(42-34-68)108-56-22-12-16-26-60-112-88(100)8-4/h5-8,17-18,27-52,61-64H,1-4,9-16,19-26,53-60H2/b51-17+,52-18+. The Morgan fingerprint density at radius 1 is 0.241 bits per heavy atom. The molecule has 0 fully saturated rings. The minimum Gasteiger partial charge on any atom is -0.494 e. The van der Waals surface area contributed by atoms with Crippen LogP contribution >= 0.6 is 0 Å². The van der Waals surface area contributed by atoms with E-state index >= 15 is 0 Å². The first-order valence-electron chi connectivity index (χ1n) is 38.7. The number of nitrogens with zero attached hydrogens (tertiary/aromatic N) is 2. The van der Waals surface area contributed by atoms with Crippen LogP contribution < -0.4 is 37.9 Å². The van der Waals surface area contributed by atoms with Gasteiger partial charge in [-0.3, -0.25) is 9.98 Å². The summed E-state index contributed by atoms with van der Waals surface area (Å²) in [5.74, 6) is -0.833. The molecule has 0 heterocycles. The molecule has 2 aliphatic rings. The molecule has 0 N–H and O–H groups in total. The predicted octanol–water partition coefficient (Wildman–Crippen LogP) is 18.6. The second-order valence-corrected chi connectivity index (χ2v) is 26.7. The molecule has 2 aliphatic carbocycles. The molecule has 0 unspecified atom stereocenters. The molecule has 0 aliphatic heterocycles. The molecule has 0 spiro atoms. The van der Waals surface area contributed by atoms with Gasteiger partial charge in [-0.15, -0.1) is 0 Å². The average molecular weight is 1570 g/mol. The summed E-state index contributed by atoms with van der Waals surface area (Å²) < 4.78 is 67.9. The van der Waals surface area contributed by atoms with Gasteiger partial charge in [-0.05, 0) is 307 Å². The van der Waals surface area contributed by atoms with Crippen molar-refractivity contribution in [2.75, 3.05) is 52.9 Å². The monoisotopic (exact) mass is 1570 g/mol. The Morgan fingerprint density at radius 3 is 0.647 bits per heavy atom. The van der Waals surface area contributed by atoms with Crippen molar-refractivity contribution in [1.82, 2.24) is 0 Å². The molecule has 22 nitrogen and oxygen atoms in total. The lowest BCUT2D eigenvalue weighted by molar-refractivity contribution is -0.138. The highest BCUT2D eigenvalue weighted by molar-refractivity contribution is 6.26. The van der Waals surface area contributed by atoms with Gasteiger partial charge in [0.05, 0.1) is 86.5 Å². The highest BCUT2D eigenvalue weighted by Gasteiger charge is 2.30. The van der Waals surface area contributed by atoms with Gasteiger partial charge in [-0.1, -0.05) is 26.3 Å². The number of hydrogen-bond donors (Lipinski definition) is 0. The first kappa shape index (κ1) is 84.9. The van der Waals surface area contributed by atoms with Crippen LogP contribution in [-0.2, 0) is 38.1 Å². The van der Waals surface area contributed by atoms with Crippen LogP contribution in [0.25, 0.3) is 22.3 Å². The molecule has 8 aromatic carbocycles. The van der Waals surface area contributed by atoms with Crippen molar-refractivity contribution in [2.45, 2.75) is 103 Å². The van der Waals surface area contributed by atoms with E-state index in [1.165, 1.54) is 0 Å². The fourth-order valence-electron chi connectivity index (χ4n) is 12.3. The molecule has 0 saturated carbocycles. The molecule has 0 bridgehead atoms. The quantitative estimate of drug-likeness (QED) is 0.00856. The summed E-state index contributed by atoms with van der Waals surface area (Å²) in [6.07, 6.45) is 24.2. The van der Waals surface area contributed by atoms with Crippen LogP contribution in [-0.4, -0.2) is 112 Å². The largest absolute Gasteiger partial charge is 0.494 e. The van der Waals surface area contributed by atoms with Crippen LogP contribution in [0.1, 0.15) is 166 Å². The first-order valence-corrected chi connectivity index (χ1v) is 38.7. The van der Waals surface area contributed by atoms with Crippen molar-refractivity contribution in [1.29, 1.82) is 0 Å². The number of aliphatic imine (C=N–C) groups is 2. The van der Waals surface area contributed by atoms with E-state index in [4.69, 9.17) is 66.8 Å². The molecule has 598 valence electrons. The molecule has 8 aromatic rings. The molecule has 0 radical (unpaired) electrons. The van der Waals surface area contributed by atoms with Crippen molar-refractivity contribution in [3.63, 3.8) is 0 Å². The molecule has 22 heteroatoms. The molecule has 10 rings (SSSR count). The summed E-state index contributed by atoms with van der Waals surface area (Å²) in [6, 6.07) is 47.8. The van der Waals surface area contributed by atoms with Gasteiger partial charge in [-0.2, -0.15) is 0 Å². The number of unbranched alkanes of at least 4 members (excludes halogenated alkanes) is 12. The molecule has 0 atom stereocenters. The Bertz CT molecular complexity index is 4320. The summed E-state index contributed by atoms with van der Waals surface area (Å²) in [5.41, 5.74) is 7.74. The number of carbonyl (C=O) groups is 8. The van der Waals surface area contributed by atoms with E-state index in [2.05, 4.69) is 26.3 Å². The van der Waals surface area contributed by atoms with Gasteiger partial charge >= 0.3 is 47.8 Å². The van der Waals surface area contributed by atoms with E-state index in [-0.39, 0.29) is 23.0 Å². The Morgan fingerprint density at radius 2 is 0.440 bits per heavy atom. The van der Waals surface area contributed by atoms with E-state index in [0.717, 1.165) is 149 Å². The Hall–Kier alpha value is -13.5. The van der Waals surface area contributed by atoms with E-state index < -0.39 is 47.8 Å². The zero-order chi connectivity index (χ0) is 81.6. The van der Waals surface area contributed by atoms with Gasteiger partial charge in [0.25, 0.3) is 0 Å². The van der Waals surface area contributed by atoms with Crippen LogP contribution in [0.3, 0.4) is 0 Å². The third-order valence-electron chi connectivity index (χ3n) is 18.3. The van der Waals surface area contributed by atoms with Gasteiger partial charge in [0.1, 0.15) is 46.0 Å². The number of benzene rings is 8. The van der Waals surface area contributed by atoms with Gasteiger partial charge in [-0.25, -0.2) is 38.4 Å². The number of carbonyl (C=O) groups excluding carboxylic acids is 8. The minimum atomic E-state index is -0.602. The summed E-state index contributed by atoms with van der Waals surface area (Å²) >= 11 is 0. The van der Waals surface area contributed by atoms with Gasteiger partial charge < -0.3 is 56.8 Å². The lowest BCUT2D eigenvalue weighted by Crippen LogP contribution is -2.09. The van der Waals surface area contributed by atoms with Gasteiger partial charge in [0.2, 0.25) is 0 Å². The van der Waals surface area contributed by atoms with Crippen LogP contribution in [0.2, 0.25) is 0 Å². The zero-order valence-electron chi connectivity index (χ0n) is 64.6. The van der Waals surface area contributed by atoms with E-state index in [1.807, 2.05) is 24.3 Å². The smallest absolute Gasteiger partial charge is 0.343 e. The predicted molar refractivity (Wildman–Crippen MR) is 439 cm³/mol. The van der Waals surface area contributed by atoms with E-state index in [1.54, 1.807) is 170 Å². The third-order valence-corrected chi connectivity index (χ3v) is 18.3. The third kappa shape index (κ3) is 26.0. The normalized spacial score (nSPS) is 11.4. The second kappa shape index (κ2) is 45.3. The van der Waals surface area contributed by atoms with Crippen molar-refractivity contribution >= 4 is 59.2 Å². The number of allylic oxidation sites excluding steroid dienone is 2. The second-order valence-electron chi connectivity index (χ2n) is 26.7. The van der Waals surface area contributed by atoms with Crippen LogP contribution in [0.4, 0.5) is 0 Å². The van der Waals surface area contributed by atoms with E-state index in [9.17, 15) is 38.4 Å². The highest BCUT2D eigenvalue weighted by Crippen LogP contribution is 2.43. The maximum Gasteiger partial charge on any atom is 0.343 e. The molecule has 0 saturated heterocycles. The first-order chi connectivity index (χ1) is 56.7.